The standard InChI is InChI=1S/C9H13N3O/c1-7(10)6-11-8-2-4-9(12-13)5-3-8/h2-6,11-13H,10H2,1H3/b7-6-. The summed E-state index contributed by atoms with van der Waals surface area (Å²) in [5.41, 5.74) is 9.78. The van der Waals surface area contributed by atoms with E-state index in [-0.39, 0.29) is 0 Å². The van der Waals surface area contributed by atoms with E-state index < -0.39 is 0 Å². The Balaban J connectivity index is 2.64. The fraction of sp³-hybridized carbons (Fsp3) is 0.111. The lowest BCUT2D eigenvalue weighted by Crippen LogP contribution is -1.96. The van der Waals surface area contributed by atoms with Crippen LogP contribution in [0.3, 0.4) is 0 Å². The Morgan fingerprint density at radius 1 is 1.31 bits per heavy atom. The summed E-state index contributed by atoms with van der Waals surface area (Å²) in [6.45, 7) is 1.80. The highest BCUT2D eigenvalue weighted by atomic mass is 16.5. The van der Waals surface area contributed by atoms with E-state index in [4.69, 9.17) is 10.9 Å². The van der Waals surface area contributed by atoms with Crippen LogP contribution in [0.2, 0.25) is 0 Å². The minimum atomic E-state index is 0.652. The van der Waals surface area contributed by atoms with Crippen LogP contribution in [0.15, 0.2) is 36.2 Å². The lowest BCUT2D eigenvalue weighted by atomic mass is 10.3. The van der Waals surface area contributed by atoms with Gasteiger partial charge in [-0.25, -0.2) is 0 Å². The van der Waals surface area contributed by atoms with Crippen molar-refractivity contribution in [3.63, 3.8) is 0 Å². The third kappa shape index (κ3) is 3.04. The highest BCUT2D eigenvalue weighted by Crippen LogP contribution is 2.12. The van der Waals surface area contributed by atoms with Crippen LogP contribution in [0.1, 0.15) is 6.92 Å². The largest absolute Gasteiger partial charge is 0.401 e. The molecule has 1 rings (SSSR count). The van der Waals surface area contributed by atoms with Crippen molar-refractivity contribution < 1.29 is 5.21 Å². The Morgan fingerprint density at radius 3 is 2.31 bits per heavy atom. The average molecular weight is 179 g/mol. The highest BCUT2D eigenvalue weighted by molar-refractivity contribution is 5.53. The molecule has 0 saturated heterocycles. The molecule has 0 atom stereocenters. The van der Waals surface area contributed by atoms with Crippen LogP contribution in [0.25, 0.3) is 0 Å². The highest BCUT2D eigenvalue weighted by Gasteiger charge is 1.89. The lowest BCUT2D eigenvalue weighted by molar-refractivity contribution is 0.389. The van der Waals surface area contributed by atoms with Crippen molar-refractivity contribution in [3.05, 3.63) is 36.2 Å². The molecule has 0 spiro atoms. The zero-order valence-electron chi connectivity index (χ0n) is 7.41. The van der Waals surface area contributed by atoms with Gasteiger partial charge in [-0.3, -0.25) is 10.7 Å². The Bertz CT molecular complexity index is 288. The molecule has 4 nitrogen and oxygen atoms in total. The van der Waals surface area contributed by atoms with E-state index in [0.717, 1.165) is 5.69 Å². The van der Waals surface area contributed by atoms with Crippen LogP contribution in [0.5, 0.6) is 0 Å². The molecule has 0 heterocycles. The van der Waals surface area contributed by atoms with Gasteiger partial charge >= 0.3 is 0 Å². The molecule has 0 unspecified atom stereocenters. The van der Waals surface area contributed by atoms with Gasteiger partial charge in [0.05, 0.1) is 5.69 Å². The van der Waals surface area contributed by atoms with Crippen molar-refractivity contribution in [2.75, 3.05) is 10.8 Å². The van der Waals surface area contributed by atoms with Gasteiger partial charge < -0.3 is 11.1 Å². The maximum absolute atomic E-state index is 8.54. The maximum atomic E-state index is 8.54. The molecule has 0 aliphatic carbocycles. The molecule has 1 aromatic carbocycles. The Morgan fingerprint density at radius 2 is 1.85 bits per heavy atom. The van der Waals surface area contributed by atoms with E-state index in [1.54, 1.807) is 25.3 Å². The summed E-state index contributed by atoms with van der Waals surface area (Å²) in [7, 11) is 0. The smallest absolute Gasteiger partial charge is 0.0603 e. The van der Waals surface area contributed by atoms with Crippen molar-refractivity contribution in [2.24, 2.45) is 5.73 Å². The van der Waals surface area contributed by atoms with Crippen LogP contribution >= 0.6 is 0 Å². The van der Waals surface area contributed by atoms with E-state index in [9.17, 15) is 0 Å². The molecule has 0 aliphatic heterocycles. The summed E-state index contributed by atoms with van der Waals surface area (Å²) in [4.78, 5) is 0. The van der Waals surface area contributed by atoms with E-state index in [2.05, 4.69) is 10.8 Å². The molecule has 0 aromatic heterocycles. The second kappa shape index (κ2) is 4.37. The summed E-state index contributed by atoms with van der Waals surface area (Å²) >= 11 is 0. The Labute approximate surface area is 77.0 Å². The number of anilines is 2. The first-order valence-electron chi connectivity index (χ1n) is 3.91. The molecular weight excluding hydrogens is 166 g/mol. The van der Waals surface area contributed by atoms with Gasteiger partial charge in [-0.2, -0.15) is 0 Å². The molecule has 1 aromatic rings. The summed E-state index contributed by atoms with van der Waals surface area (Å²) < 4.78 is 0. The van der Waals surface area contributed by atoms with Gasteiger partial charge in [0.25, 0.3) is 0 Å². The molecule has 0 fully saturated rings. The first-order valence-corrected chi connectivity index (χ1v) is 3.91. The fourth-order valence-electron chi connectivity index (χ4n) is 0.838. The zero-order valence-corrected chi connectivity index (χ0v) is 7.41. The van der Waals surface area contributed by atoms with Crippen molar-refractivity contribution in [1.82, 2.24) is 0 Å². The van der Waals surface area contributed by atoms with Crippen LogP contribution in [-0.2, 0) is 0 Å². The third-order valence-electron chi connectivity index (χ3n) is 1.48. The third-order valence-corrected chi connectivity index (χ3v) is 1.48. The molecule has 13 heavy (non-hydrogen) atoms. The van der Waals surface area contributed by atoms with E-state index >= 15 is 0 Å². The van der Waals surface area contributed by atoms with Crippen LogP contribution in [0, 0.1) is 0 Å². The van der Waals surface area contributed by atoms with Crippen LogP contribution < -0.4 is 16.5 Å². The van der Waals surface area contributed by atoms with Gasteiger partial charge in [-0.05, 0) is 31.2 Å². The SMILES string of the molecule is C/C(N)=C/Nc1ccc(NO)cc1. The second-order valence-corrected chi connectivity index (χ2v) is 2.72. The normalized spacial score (nSPS) is 11.1. The monoisotopic (exact) mass is 179 g/mol. The molecule has 0 amide bonds. The van der Waals surface area contributed by atoms with E-state index in [1.165, 1.54) is 0 Å². The minimum Gasteiger partial charge on any atom is -0.401 e. The summed E-state index contributed by atoms with van der Waals surface area (Å²) in [6.07, 6.45) is 1.71. The van der Waals surface area contributed by atoms with Crippen molar-refractivity contribution >= 4 is 11.4 Å². The zero-order chi connectivity index (χ0) is 9.68. The molecule has 5 N–H and O–H groups in total. The number of hydrogen-bond donors (Lipinski definition) is 4. The number of rotatable bonds is 3. The summed E-state index contributed by atoms with van der Waals surface area (Å²) in [6, 6.07) is 7.17. The number of hydrogen-bond acceptors (Lipinski definition) is 4. The van der Waals surface area contributed by atoms with Crippen molar-refractivity contribution in [2.45, 2.75) is 6.92 Å². The Hall–Kier alpha value is -1.68. The van der Waals surface area contributed by atoms with Gasteiger partial charge in [0.15, 0.2) is 0 Å². The minimum absolute atomic E-state index is 0.652. The summed E-state index contributed by atoms with van der Waals surface area (Å²) in [5, 5.41) is 11.5. The van der Waals surface area contributed by atoms with E-state index in [0.29, 0.717) is 11.4 Å². The van der Waals surface area contributed by atoms with Gasteiger partial charge in [-0.1, -0.05) is 0 Å². The number of allylic oxidation sites excluding steroid dienone is 1. The number of nitrogens with one attached hydrogen (secondary N) is 2. The second-order valence-electron chi connectivity index (χ2n) is 2.72. The quantitative estimate of drug-likeness (QED) is 0.533. The Kier molecular flexibility index (Phi) is 3.16. The summed E-state index contributed by atoms with van der Waals surface area (Å²) in [5.74, 6) is 0. The molecule has 0 bridgehead atoms. The molecule has 70 valence electrons. The van der Waals surface area contributed by atoms with Crippen molar-refractivity contribution in [1.29, 1.82) is 0 Å². The molecule has 0 saturated carbocycles. The van der Waals surface area contributed by atoms with Crippen LogP contribution in [0.4, 0.5) is 11.4 Å². The first kappa shape index (κ1) is 9.41. The molecule has 0 radical (unpaired) electrons. The topological polar surface area (TPSA) is 70.3 Å². The predicted octanol–water partition coefficient (Wildman–Crippen LogP) is 1.72. The van der Waals surface area contributed by atoms with Gasteiger partial charge in [0, 0.05) is 17.6 Å². The lowest BCUT2D eigenvalue weighted by Gasteiger charge is -2.02. The molecular formula is C9H13N3O. The molecule has 4 heteroatoms. The van der Waals surface area contributed by atoms with Gasteiger partial charge in [-0.15, -0.1) is 0 Å². The number of nitrogens with two attached hydrogens (primary N) is 1. The number of benzene rings is 1. The van der Waals surface area contributed by atoms with Gasteiger partial charge in [0.1, 0.15) is 0 Å². The van der Waals surface area contributed by atoms with Crippen molar-refractivity contribution in [3.8, 4) is 0 Å². The maximum Gasteiger partial charge on any atom is 0.0603 e. The first-order chi connectivity index (χ1) is 6.22. The fourth-order valence-corrected chi connectivity index (χ4v) is 0.838. The predicted molar refractivity (Wildman–Crippen MR) is 53.4 cm³/mol. The average Bonchev–Trinajstić information content (AvgIpc) is 2.15. The van der Waals surface area contributed by atoms with Gasteiger partial charge in [0.2, 0.25) is 0 Å². The molecule has 0 aliphatic rings. The van der Waals surface area contributed by atoms with Crippen LogP contribution in [-0.4, -0.2) is 5.21 Å². The van der Waals surface area contributed by atoms with E-state index in [1.807, 2.05) is 12.1 Å².